The molecule has 0 bridgehead atoms. The van der Waals surface area contributed by atoms with Gasteiger partial charge in [0.15, 0.2) is 10.9 Å². The number of aromatic nitrogens is 2. The number of hydrogen-bond acceptors (Lipinski definition) is 6. The van der Waals surface area contributed by atoms with E-state index in [1.165, 1.54) is 19.3 Å². The molecule has 1 aliphatic heterocycles. The molecular weight excluding hydrogens is 424 g/mol. The van der Waals surface area contributed by atoms with E-state index in [4.69, 9.17) is 10.1 Å². The van der Waals surface area contributed by atoms with E-state index in [9.17, 15) is 9.59 Å². The Balaban J connectivity index is 1.42. The van der Waals surface area contributed by atoms with Crippen molar-refractivity contribution in [2.24, 2.45) is 0 Å². The number of amides is 1. The van der Waals surface area contributed by atoms with Crippen molar-refractivity contribution in [1.29, 1.82) is 0 Å². The number of aliphatic hydroxyl groups is 1. The predicted octanol–water partition coefficient (Wildman–Crippen LogP) is 3.40. The third kappa shape index (κ3) is 5.26. The third-order valence-corrected chi connectivity index (χ3v) is 6.56. The number of aryl methyl sites for hydroxylation is 1. The van der Waals surface area contributed by atoms with Crippen molar-refractivity contribution >= 4 is 28.2 Å². The molecule has 0 aliphatic carbocycles. The zero-order valence-corrected chi connectivity index (χ0v) is 19.0. The average molecular weight is 453 g/mol. The summed E-state index contributed by atoms with van der Waals surface area (Å²) in [7, 11) is 0. The van der Waals surface area contributed by atoms with E-state index in [1.807, 2.05) is 29.8 Å². The second-order valence-corrected chi connectivity index (χ2v) is 9.00. The van der Waals surface area contributed by atoms with Gasteiger partial charge in [-0.3, -0.25) is 9.59 Å². The Morgan fingerprint density at radius 2 is 2.00 bits per heavy atom. The fourth-order valence-corrected chi connectivity index (χ4v) is 4.84. The van der Waals surface area contributed by atoms with Crippen molar-refractivity contribution in [3.63, 3.8) is 0 Å². The van der Waals surface area contributed by atoms with Crippen LogP contribution in [0.25, 0.3) is 0 Å². The Morgan fingerprint density at radius 3 is 2.78 bits per heavy atom. The van der Waals surface area contributed by atoms with Crippen LogP contribution in [0.5, 0.6) is 0 Å². The first kappa shape index (κ1) is 22.2. The third-order valence-electron chi connectivity index (χ3n) is 5.61. The number of piperidine rings is 1. The van der Waals surface area contributed by atoms with Gasteiger partial charge in [-0.25, -0.2) is 4.98 Å². The number of Topliss-reactive ketones (excluding diaryl/α,β-unsaturated/α-hetero) is 1. The van der Waals surface area contributed by atoms with Crippen LogP contribution in [0.2, 0.25) is 0 Å². The molecule has 8 heteroatoms. The zero-order valence-electron chi connectivity index (χ0n) is 18.2. The van der Waals surface area contributed by atoms with Crippen molar-refractivity contribution in [3.05, 3.63) is 70.0 Å². The highest BCUT2D eigenvalue weighted by atomic mass is 32.1. The van der Waals surface area contributed by atoms with Gasteiger partial charge < -0.3 is 19.9 Å². The van der Waals surface area contributed by atoms with E-state index < -0.39 is 6.61 Å². The number of nitrogens with zero attached hydrogens (tertiary/aromatic N) is 3. The lowest BCUT2D eigenvalue weighted by molar-refractivity contribution is 0.0903. The number of anilines is 1. The second-order valence-electron chi connectivity index (χ2n) is 8.16. The van der Waals surface area contributed by atoms with Gasteiger partial charge >= 0.3 is 0 Å². The average Bonchev–Trinajstić information content (AvgIpc) is 3.44. The Kier molecular flexibility index (Phi) is 7.02. The number of rotatable bonds is 8. The Bertz CT molecular complexity index is 1100. The Labute approximate surface area is 191 Å². The lowest BCUT2D eigenvalue weighted by Gasteiger charge is -2.25. The predicted molar refractivity (Wildman–Crippen MR) is 125 cm³/mol. The van der Waals surface area contributed by atoms with Gasteiger partial charge in [-0.05, 0) is 49.4 Å². The molecule has 2 aromatic heterocycles. The van der Waals surface area contributed by atoms with Gasteiger partial charge in [0.05, 0.1) is 12.2 Å². The van der Waals surface area contributed by atoms with Crippen LogP contribution in [0.15, 0.2) is 41.9 Å². The molecule has 1 aromatic carbocycles. The molecule has 1 saturated heterocycles. The molecule has 0 unspecified atom stereocenters. The zero-order chi connectivity index (χ0) is 22.5. The summed E-state index contributed by atoms with van der Waals surface area (Å²) in [5, 5.41) is 15.1. The van der Waals surface area contributed by atoms with Crippen LogP contribution < -0.4 is 10.2 Å². The van der Waals surface area contributed by atoms with Gasteiger partial charge in [0, 0.05) is 36.8 Å². The molecule has 7 nitrogen and oxygen atoms in total. The highest BCUT2D eigenvalue weighted by molar-refractivity contribution is 7.13. The number of carbonyl (C=O) groups is 2. The molecule has 1 fully saturated rings. The second kappa shape index (κ2) is 10.1. The van der Waals surface area contributed by atoms with E-state index in [-0.39, 0.29) is 11.7 Å². The summed E-state index contributed by atoms with van der Waals surface area (Å²) in [6, 6.07) is 8.82. The van der Waals surface area contributed by atoms with E-state index >= 15 is 0 Å². The molecule has 0 saturated carbocycles. The van der Waals surface area contributed by atoms with Gasteiger partial charge in [-0.15, -0.1) is 11.3 Å². The molecule has 3 heterocycles. The molecule has 1 aliphatic rings. The minimum absolute atomic E-state index is 0.177. The molecule has 0 atom stereocenters. The molecule has 0 spiro atoms. The minimum Gasteiger partial charge on any atom is -0.388 e. The minimum atomic E-state index is -0.529. The van der Waals surface area contributed by atoms with Crippen LogP contribution in [0, 0.1) is 6.92 Å². The molecular formula is C24H28N4O3S. The summed E-state index contributed by atoms with van der Waals surface area (Å²) in [4.78, 5) is 31.8. The van der Waals surface area contributed by atoms with Crippen LogP contribution in [0.4, 0.5) is 5.13 Å². The highest BCUT2D eigenvalue weighted by Gasteiger charge is 2.17. The maximum atomic E-state index is 12.9. The van der Waals surface area contributed by atoms with E-state index in [0.717, 1.165) is 35.0 Å². The van der Waals surface area contributed by atoms with E-state index in [1.54, 1.807) is 29.5 Å². The van der Waals surface area contributed by atoms with Gasteiger partial charge in [0.1, 0.15) is 12.3 Å². The number of hydrogen-bond donors (Lipinski definition) is 2. The number of thiazole rings is 1. The number of benzene rings is 1. The maximum absolute atomic E-state index is 12.9. The number of ketones is 1. The Hall–Kier alpha value is -2.97. The SMILES string of the molecule is Cc1cc(C(=O)NCc2cccc(C(=O)CO)c2)n(Cc2csc(N3CCCCC3)n2)c1. The lowest BCUT2D eigenvalue weighted by Crippen LogP contribution is -2.29. The highest BCUT2D eigenvalue weighted by Crippen LogP contribution is 2.25. The van der Waals surface area contributed by atoms with Crippen LogP contribution in [-0.2, 0) is 13.1 Å². The van der Waals surface area contributed by atoms with Crippen LogP contribution >= 0.6 is 11.3 Å². The first-order chi connectivity index (χ1) is 15.5. The summed E-state index contributed by atoms with van der Waals surface area (Å²) in [5.74, 6) is -0.515. The summed E-state index contributed by atoms with van der Waals surface area (Å²) in [5.41, 5.74) is 3.79. The van der Waals surface area contributed by atoms with Gasteiger partial charge in [0.25, 0.3) is 5.91 Å². The van der Waals surface area contributed by atoms with Gasteiger partial charge in [0.2, 0.25) is 0 Å². The monoisotopic (exact) mass is 452 g/mol. The summed E-state index contributed by atoms with van der Waals surface area (Å²) in [6.45, 7) is 4.41. The van der Waals surface area contributed by atoms with Crippen LogP contribution in [-0.4, -0.2) is 46.0 Å². The number of nitrogens with one attached hydrogen (secondary N) is 1. The summed E-state index contributed by atoms with van der Waals surface area (Å²) in [6.07, 6.45) is 5.69. The number of aliphatic hydroxyl groups excluding tert-OH is 1. The van der Waals surface area contributed by atoms with Crippen LogP contribution in [0.3, 0.4) is 0 Å². The van der Waals surface area contributed by atoms with Crippen molar-refractivity contribution in [2.45, 2.75) is 39.3 Å². The molecule has 0 radical (unpaired) electrons. The van der Waals surface area contributed by atoms with E-state index in [0.29, 0.717) is 24.3 Å². The Morgan fingerprint density at radius 1 is 1.19 bits per heavy atom. The largest absolute Gasteiger partial charge is 0.388 e. The lowest BCUT2D eigenvalue weighted by atomic mass is 10.1. The van der Waals surface area contributed by atoms with Crippen LogP contribution in [0.1, 0.15) is 56.9 Å². The molecule has 168 valence electrons. The number of carbonyl (C=O) groups excluding carboxylic acids is 2. The van der Waals surface area contributed by atoms with Crippen molar-refractivity contribution < 1.29 is 14.7 Å². The first-order valence-corrected chi connectivity index (χ1v) is 11.8. The smallest absolute Gasteiger partial charge is 0.268 e. The topological polar surface area (TPSA) is 87.5 Å². The summed E-state index contributed by atoms with van der Waals surface area (Å²) < 4.78 is 1.94. The molecule has 4 rings (SSSR count). The van der Waals surface area contributed by atoms with E-state index in [2.05, 4.69) is 15.6 Å². The molecule has 3 aromatic rings. The van der Waals surface area contributed by atoms with Gasteiger partial charge in [-0.1, -0.05) is 18.2 Å². The van der Waals surface area contributed by atoms with Crippen molar-refractivity contribution in [3.8, 4) is 0 Å². The van der Waals surface area contributed by atoms with Crippen molar-refractivity contribution in [2.75, 3.05) is 24.6 Å². The fraction of sp³-hybridized carbons (Fsp3) is 0.375. The normalized spacial score (nSPS) is 13.9. The quantitative estimate of drug-likeness (QED) is 0.512. The maximum Gasteiger partial charge on any atom is 0.268 e. The molecule has 1 amide bonds. The fourth-order valence-electron chi connectivity index (χ4n) is 3.97. The standard InChI is InChI=1S/C24H28N4O3S/c1-17-10-21(23(31)25-12-18-6-5-7-19(11-18)22(30)15-29)28(13-17)14-20-16-32-24(26-20)27-8-3-2-4-9-27/h5-7,10-11,13,16,29H,2-4,8-9,12,14-15H2,1H3,(H,25,31). The van der Waals surface area contributed by atoms with Gasteiger partial charge in [-0.2, -0.15) is 0 Å². The van der Waals surface area contributed by atoms with Crippen molar-refractivity contribution in [1.82, 2.24) is 14.9 Å². The molecule has 2 N–H and O–H groups in total. The first-order valence-electron chi connectivity index (χ1n) is 10.9. The summed E-state index contributed by atoms with van der Waals surface area (Å²) >= 11 is 1.66. The molecule has 32 heavy (non-hydrogen) atoms.